The van der Waals surface area contributed by atoms with Gasteiger partial charge in [0.25, 0.3) is 0 Å². The van der Waals surface area contributed by atoms with Crippen LogP contribution >= 0.6 is 0 Å². The quantitative estimate of drug-likeness (QED) is 0.800. The van der Waals surface area contributed by atoms with E-state index in [2.05, 4.69) is 18.7 Å². The summed E-state index contributed by atoms with van der Waals surface area (Å²) >= 11 is 0. The molecular weight excluding hydrogens is 241 g/mol. The van der Waals surface area contributed by atoms with Crippen molar-refractivity contribution in [1.29, 1.82) is 0 Å². The first kappa shape index (κ1) is 15.8. The fourth-order valence-electron chi connectivity index (χ4n) is 2.94. The maximum absolute atomic E-state index is 12.8. The summed E-state index contributed by atoms with van der Waals surface area (Å²) in [5.41, 5.74) is 5.28. The third kappa shape index (κ3) is 4.12. The van der Waals surface area contributed by atoms with Crippen LogP contribution in [0.1, 0.15) is 46.0 Å². The van der Waals surface area contributed by atoms with Crippen molar-refractivity contribution in [1.82, 2.24) is 4.90 Å². The van der Waals surface area contributed by atoms with Gasteiger partial charge in [-0.1, -0.05) is 6.92 Å². The van der Waals surface area contributed by atoms with Crippen molar-refractivity contribution < 1.29 is 13.2 Å². The monoisotopic (exact) mass is 266 g/mol. The smallest absolute Gasteiger partial charge is 0.330 e. The van der Waals surface area contributed by atoms with E-state index in [4.69, 9.17) is 5.73 Å². The first-order valence-corrected chi connectivity index (χ1v) is 6.92. The van der Waals surface area contributed by atoms with E-state index in [9.17, 15) is 13.2 Å². The van der Waals surface area contributed by atoms with Crippen LogP contribution in [0.2, 0.25) is 0 Å². The van der Waals surface area contributed by atoms with Crippen LogP contribution in [0.5, 0.6) is 0 Å². The Morgan fingerprint density at radius 3 is 2.44 bits per heavy atom. The molecule has 0 bridgehead atoms. The van der Waals surface area contributed by atoms with Gasteiger partial charge in [-0.3, -0.25) is 4.90 Å². The minimum atomic E-state index is -4.11. The van der Waals surface area contributed by atoms with E-state index < -0.39 is 12.1 Å². The van der Waals surface area contributed by atoms with Gasteiger partial charge < -0.3 is 5.73 Å². The Labute approximate surface area is 108 Å². The molecule has 2 N–H and O–H groups in total. The Bertz CT molecular complexity index is 241. The van der Waals surface area contributed by atoms with Crippen LogP contribution in [0.15, 0.2) is 0 Å². The molecule has 0 aromatic heterocycles. The van der Waals surface area contributed by atoms with Crippen molar-refractivity contribution in [3.63, 3.8) is 0 Å². The molecule has 1 aliphatic heterocycles. The molecule has 0 aromatic rings. The standard InChI is InChI=1S/C13H25F3N2/c1-3-12-5-4-10(2)18(12)9-7-11(6-8-17)13(14,15)16/h10-12H,3-9,17H2,1-2H3. The number of nitrogens with zero attached hydrogens (tertiary/aromatic N) is 1. The Kier molecular flexibility index (Phi) is 5.92. The van der Waals surface area contributed by atoms with Gasteiger partial charge in [0.2, 0.25) is 0 Å². The SMILES string of the molecule is CCC1CCC(C)N1CCC(CCN)C(F)(F)F. The minimum Gasteiger partial charge on any atom is -0.330 e. The summed E-state index contributed by atoms with van der Waals surface area (Å²) in [5.74, 6) is -1.24. The molecule has 0 amide bonds. The van der Waals surface area contributed by atoms with E-state index in [1.807, 2.05) is 0 Å². The van der Waals surface area contributed by atoms with Gasteiger partial charge in [-0.25, -0.2) is 0 Å². The second-order valence-corrected chi connectivity index (χ2v) is 5.33. The minimum absolute atomic E-state index is 0.0442. The van der Waals surface area contributed by atoms with Crippen molar-refractivity contribution in [2.75, 3.05) is 13.1 Å². The van der Waals surface area contributed by atoms with Crippen molar-refractivity contribution in [3.05, 3.63) is 0 Å². The lowest BCUT2D eigenvalue weighted by Gasteiger charge is -2.30. The predicted molar refractivity (Wildman–Crippen MR) is 67.3 cm³/mol. The Morgan fingerprint density at radius 2 is 1.94 bits per heavy atom. The van der Waals surface area contributed by atoms with Gasteiger partial charge in [0.05, 0.1) is 5.92 Å². The van der Waals surface area contributed by atoms with E-state index in [-0.39, 0.29) is 19.4 Å². The highest BCUT2D eigenvalue weighted by molar-refractivity contribution is 4.85. The molecule has 2 nitrogen and oxygen atoms in total. The predicted octanol–water partition coefficient (Wildman–Crippen LogP) is 3.17. The van der Waals surface area contributed by atoms with Crippen LogP contribution in [-0.2, 0) is 0 Å². The average molecular weight is 266 g/mol. The summed E-state index contributed by atoms with van der Waals surface area (Å²) in [6.07, 6.45) is -0.636. The number of hydrogen-bond donors (Lipinski definition) is 1. The molecule has 1 rings (SSSR count). The zero-order chi connectivity index (χ0) is 13.8. The number of alkyl halides is 3. The highest BCUT2D eigenvalue weighted by Crippen LogP contribution is 2.33. The van der Waals surface area contributed by atoms with Gasteiger partial charge in [0.15, 0.2) is 0 Å². The molecule has 108 valence electrons. The fourth-order valence-corrected chi connectivity index (χ4v) is 2.94. The molecule has 1 aliphatic rings. The Hall–Kier alpha value is -0.290. The van der Waals surface area contributed by atoms with Crippen LogP contribution in [0.4, 0.5) is 13.2 Å². The van der Waals surface area contributed by atoms with Crippen LogP contribution in [0, 0.1) is 5.92 Å². The van der Waals surface area contributed by atoms with Crippen molar-refractivity contribution in [3.8, 4) is 0 Å². The summed E-state index contributed by atoms with van der Waals surface area (Å²) in [7, 11) is 0. The molecule has 0 saturated carbocycles. The summed E-state index contributed by atoms with van der Waals surface area (Å²) in [6.45, 7) is 4.87. The fraction of sp³-hybridized carbons (Fsp3) is 1.00. The van der Waals surface area contributed by atoms with Crippen molar-refractivity contribution >= 4 is 0 Å². The zero-order valence-corrected chi connectivity index (χ0v) is 11.3. The molecular formula is C13H25F3N2. The lowest BCUT2D eigenvalue weighted by Crippen LogP contribution is -2.37. The van der Waals surface area contributed by atoms with E-state index in [1.54, 1.807) is 0 Å². The second-order valence-electron chi connectivity index (χ2n) is 5.33. The lowest BCUT2D eigenvalue weighted by atomic mass is 10.00. The molecule has 18 heavy (non-hydrogen) atoms. The summed E-state index contributed by atoms with van der Waals surface area (Å²) in [4.78, 5) is 2.25. The van der Waals surface area contributed by atoms with Crippen LogP contribution in [-0.4, -0.2) is 36.2 Å². The second kappa shape index (κ2) is 6.75. The molecule has 0 spiro atoms. The normalized spacial score (nSPS) is 27.7. The topological polar surface area (TPSA) is 29.3 Å². The molecule has 5 heteroatoms. The van der Waals surface area contributed by atoms with Gasteiger partial charge in [-0.05, 0) is 52.1 Å². The molecule has 3 unspecified atom stereocenters. The van der Waals surface area contributed by atoms with Gasteiger partial charge in [-0.15, -0.1) is 0 Å². The number of halogens is 3. The Morgan fingerprint density at radius 1 is 1.28 bits per heavy atom. The molecule has 0 aliphatic carbocycles. The average Bonchev–Trinajstić information content (AvgIpc) is 2.64. The molecule has 1 fully saturated rings. The van der Waals surface area contributed by atoms with Crippen LogP contribution in [0.3, 0.4) is 0 Å². The van der Waals surface area contributed by atoms with E-state index in [1.165, 1.54) is 0 Å². The maximum atomic E-state index is 12.8. The van der Waals surface area contributed by atoms with Crippen molar-refractivity contribution in [2.45, 2.75) is 64.2 Å². The third-order valence-electron chi connectivity index (χ3n) is 4.14. The summed E-state index contributed by atoms with van der Waals surface area (Å²) in [6, 6.07) is 0.883. The first-order valence-electron chi connectivity index (χ1n) is 6.92. The van der Waals surface area contributed by atoms with Gasteiger partial charge >= 0.3 is 6.18 Å². The van der Waals surface area contributed by atoms with Crippen LogP contribution < -0.4 is 5.73 Å². The van der Waals surface area contributed by atoms with Crippen LogP contribution in [0.25, 0.3) is 0 Å². The number of rotatable bonds is 6. The highest BCUT2D eigenvalue weighted by atomic mass is 19.4. The molecule has 0 radical (unpaired) electrons. The van der Waals surface area contributed by atoms with E-state index in [0.717, 1.165) is 19.3 Å². The molecule has 0 aromatic carbocycles. The number of hydrogen-bond acceptors (Lipinski definition) is 2. The Balaban J connectivity index is 2.50. The largest absolute Gasteiger partial charge is 0.391 e. The highest BCUT2D eigenvalue weighted by Gasteiger charge is 2.39. The first-order chi connectivity index (χ1) is 8.40. The summed E-state index contributed by atoms with van der Waals surface area (Å²) in [5, 5.41) is 0. The van der Waals surface area contributed by atoms with E-state index >= 15 is 0 Å². The number of likely N-dealkylation sites (tertiary alicyclic amines) is 1. The van der Waals surface area contributed by atoms with Gasteiger partial charge in [-0.2, -0.15) is 13.2 Å². The third-order valence-corrected chi connectivity index (χ3v) is 4.14. The summed E-state index contributed by atoms with van der Waals surface area (Å²) < 4.78 is 38.3. The molecule has 3 atom stereocenters. The maximum Gasteiger partial charge on any atom is 0.391 e. The number of nitrogens with two attached hydrogens (primary N) is 1. The van der Waals surface area contributed by atoms with Crippen molar-refractivity contribution in [2.24, 2.45) is 11.7 Å². The molecule has 1 heterocycles. The lowest BCUT2D eigenvalue weighted by molar-refractivity contribution is -0.178. The molecule has 1 saturated heterocycles. The van der Waals surface area contributed by atoms with Gasteiger partial charge in [0.1, 0.15) is 0 Å². The van der Waals surface area contributed by atoms with Gasteiger partial charge in [0, 0.05) is 12.1 Å². The van der Waals surface area contributed by atoms with E-state index in [0.29, 0.717) is 18.6 Å². The zero-order valence-electron chi connectivity index (χ0n) is 11.3.